The molecule has 3 rings (SSSR count). The SMILES string of the molecule is NNC(Cc1cc(Br)ccc1F)C1COc2ccccc21. The Balaban J connectivity index is 1.85. The third kappa shape index (κ3) is 2.95. The minimum atomic E-state index is -0.217. The van der Waals surface area contributed by atoms with Gasteiger partial charge in [0.1, 0.15) is 11.6 Å². The van der Waals surface area contributed by atoms with E-state index in [1.165, 1.54) is 6.07 Å². The molecule has 2 atom stereocenters. The van der Waals surface area contributed by atoms with Crippen molar-refractivity contribution in [3.05, 3.63) is 63.9 Å². The van der Waals surface area contributed by atoms with Crippen LogP contribution in [-0.2, 0) is 6.42 Å². The summed E-state index contributed by atoms with van der Waals surface area (Å²) in [6.45, 7) is 0.559. The van der Waals surface area contributed by atoms with Crippen molar-refractivity contribution >= 4 is 15.9 Å². The van der Waals surface area contributed by atoms with Gasteiger partial charge in [0.15, 0.2) is 0 Å². The Morgan fingerprint density at radius 3 is 2.95 bits per heavy atom. The van der Waals surface area contributed by atoms with Crippen LogP contribution in [0.15, 0.2) is 46.9 Å². The van der Waals surface area contributed by atoms with Gasteiger partial charge in [-0.2, -0.15) is 0 Å². The van der Waals surface area contributed by atoms with E-state index in [0.29, 0.717) is 18.6 Å². The topological polar surface area (TPSA) is 47.3 Å². The lowest BCUT2D eigenvalue weighted by Crippen LogP contribution is -2.42. The van der Waals surface area contributed by atoms with Gasteiger partial charge in [-0.15, -0.1) is 0 Å². The second-order valence-electron chi connectivity index (χ2n) is 5.17. The summed E-state index contributed by atoms with van der Waals surface area (Å²) in [6, 6.07) is 12.8. The molecule has 5 heteroatoms. The van der Waals surface area contributed by atoms with Crippen molar-refractivity contribution in [3.8, 4) is 5.75 Å². The van der Waals surface area contributed by atoms with Crippen molar-refractivity contribution in [2.24, 2.45) is 5.84 Å². The van der Waals surface area contributed by atoms with E-state index in [1.807, 2.05) is 24.3 Å². The zero-order chi connectivity index (χ0) is 14.8. The molecule has 0 radical (unpaired) electrons. The third-order valence-corrected chi connectivity index (χ3v) is 4.38. The van der Waals surface area contributed by atoms with Crippen LogP contribution in [0.2, 0.25) is 0 Å². The Bertz CT molecular complexity index is 650. The fraction of sp³-hybridized carbons (Fsp3) is 0.250. The Kier molecular flexibility index (Phi) is 4.24. The van der Waals surface area contributed by atoms with Crippen molar-refractivity contribution in [1.29, 1.82) is 0 Å². The van der Waals surface area contributed by atoms with E-state index >= 15 is 0 Å². The fourth-order valence-electron chi connectivity index (χ4n) is 2.77. The van der Waals surface area contributed by atoms with Gasteiger partial charge in [0.2, 0.25) is 0 Å². The van der Waals surface area contributed by atoms with Crippen LogP contribution in [0, 0.1) is 5.82 Å². The van der Waals surface area contributed by atoms with Gasteiger partial charge in [-0.3, -0.25) is 11.3 Å². The quantitative estimate of drug-likeness (QED) is 0.657. The molecule has 0 bridgehead atoms. The van der Waals surface area contributed by atoms with Gasteiger partial charge in [0.05, 0.1) is 6.61 Å². The van der Waals surface area contributed by atoms with Crippen LogP contribution in [0.1, 0.15) is 17.0 Å². The Morgan fingerprint density at radius 1 is 1.33 bits per heavy atom. The van der Waals surface area contributed by atoms with Crippen LogP contribution in [0.3, 0.4) is 0 Å². The first-order chi connectivity index (χ1) is 10.2. The first-order valence-corrected chi connectivity index (χ1v) is 7.60. The van der Waals surface area contributed by atoms with Crippen molar-refractivity contribution in [2.45, 2.75) is 18.4 Å². The zero-order valence-corrected chi connectivity index (χ0v) is 12.9. The van der Waals surface area contributed by atoms with E-state index in [-0.39, 0.29) is 17.8 Å². The molecule has 1 heterocycles. The number of nitrogens with two attached hydrogens (primary N) is 1. The van der Waals surface area contributed by atoms with Crippen molar-refractivity contribution in [2.75, 3.05) is 6.61 Å². The highest BCUT2D eigenvalue weighted by Crippen LogP contribution is 2.36. The average Bonchev–Trinajstić information content (AvgIpc) is 2.92. The van der Waals surface area contributed by atoms with E-state index < -0.39 is 0 Å². The molecule has 0 saturated carbocycles. The van der Waals surface area contributed by atoms with E-state index in [2.05, 4.69) is 21.4 Å². The van der Waals surface area contributed by atoms with Crippen molar-refractivity contribution in [1.82, 2.24) is 5.43 Å². The number of rotatable bonds is 4. The molecule has 1 aliphatic rings. The van der Waals surface area contributed by atoms with E-state index in [0.717, 1.165) is 15.8 Å². The second-order valence-corrected chi connectivity index (χ2v) is 6.08. The summed E-state index contributed by atoms with van der Waals surface area (Å²) in [7, 11) is 0. The van der Waals surface area contributed by atoms with Gasteiger partial charge in [0.25, 0.3) is 0 Å². The van der Waals surface area contributed by atoms with E-state index in [9.17, 15) is 4.39 Å². The van der Waals surface area contributed by atoms with Crippen LogP contribution in [0.25, 0.3) is 0 Å². The number of para-hydroxylation sites is 1. The van der Waals surface area contributed by atoms with E-state index in [4.69, 9.17) is 10.6 Å². The molecule has 0 fully saturated rings. The maximum atomic E-state index is 13.9. The minimum absolute atomic E-state index is 0.0857. The molecule has 110 valence electrons. The highest BCUT2D eigenvalue weighted by Gasteiger charge is 2.31. The van der Waals surface area contributed by atoms with Gasteiger partial charge in [0, 0.05) is 22.0 Å². The minimum Gasteiger partial charge on any atom is -0.493 e. The summed E-state index contributed by atoms with van der Waals surface area (Å²) >= 11 is 3.37. The number of ether oxygens (including phenoxy) is 1. The van der Waals surface area contributed by atoms with Crippen LogP contribution >= 0.6 is 15.9 Å². The van der Waals surface area contributed by atoms with E-state index in [1.54, 1.807) is 12.1 Å². The molecule has 0 aliphatic carbocycles. The molecular weight excluding hydrogens is 335 g/mol. The number of hydrazine groups is 1. The molecule has 2 aromatic rings. The standard InChI is InChI=1S/C16H16BrFN2O/c17-11-5-6-14(18)10(7-11)8-15(20-19)13-9-21-16-4-2-1-3-12(13)16/h1-7,13,15,20H,8-9,19H2. The summed E-state index contributed by atoms with van der Waals surface area (Å²) in [6.07, 6.45) is 0.504. The molecule has 2 aromatic carbocycles. The molecular formula is C16H16BrFN2O. The molecule has 2 unspecified atom stereocenters. The van der Waals surface area contributed by atoms with Gasteiger partial charge >= 0.3 is 0 Å². The highest BCUT2D eigenvalue weighted by atomic mass is 79.9. The van der Waals surface area contributed by atoms with Crippen LogP contribution in [0.4, 0.5) is 4.39 Å². The van der Waals surface area contributed by atoms with Crippen LogP contribution in [0.5, 0.6) is 5.75 Å². The lowest BCUT2D eigenvalue weighted by atomic mass is 9.89. The maximum absolute atomic E-state index is 13.9. The van der Waals surface area contributed by atoms with Gasteiger partial charge in [-0.1, -0.05) is 34.1 Å². The Hall–Kier alpha value is -1.43. The largest absolute Gasteiger partial charge is 0.493 e. The van der Waals surface area contributed by atoms with Gasteiger partial charge in [-0.05, 0) is 36.2 Å². The molecule has 0 spiro atoms. The zero-order valence-electron chi connectivity index (χ0n) is 11.4. The van der Waals surface area contributed by atoms with Crippen molar-refractivity contribution < 1.29 is 9.13 Å². The van der Waals surface area contributed by atoms with Gasteiger partial charge < -0.3 is 4.74 Å². The number of hydrogen-bond acceptors (Lipinski definition) is 3. The smallest absolute Gasteiger partial charge is 0.126 e. The predicted octanol–water partition coefficient (Wildman–Crippen LogP) is 3.14. The Morgan fingerprint density at radius 2 is 2.14 bits per heavy atom. The molecule has 1 aliphatic heterocycles. The number of nitrogens with one attached hydrogen (secondary N) is 1. The lowest BCUT2D eigenvalue weighted by molar-refractivity contribution is 0.297. The third-order valence-electron chi connectivity index (χ3n) is 3.88. The molecule has 0 amide bonds. The number of halogens is 2. The fourth-order valence-corrected chi connectivity index (χ4v) is 3.18. The summed E-state index contributed by atoms with van der Waals surface area (Å²) in [5.41, 5.74) is 4.58. The Labute approximate surface area is 131 Å². The first kappa shape index (κ1) is 14.5. The molecule has 0 saturated heterocycles. The summed E-state index contributed by atoms with van der Waals surface area (Å²) in [5.74, 6) is 6.49. The average molecular weight is 351 g/mol. The maximum Gasteiger partial charge on any atom is 0.126 e. The van der Waals surface area contributed by atoms with Crippen molar-refractivity contribution in [3.63, 3.8) is 0 Å². The molecule has 3 nitrogen and oxygen atoms in total. The number of benzene rings is 2. The second kappa shape index (κ2) is 6.13. The predicted molar refractivity (Wildman–Crippen MR) is 83.6 cm³/mol. The summed E-state index contributed by atoms with van der Waals surface area (Å²) in [5, 5.41) is 0. The lowest BCUT2D eigenvalue weighted by Gasteiger charge is -2.22. The normalized spacial score (nSPS) is 18.1. The molecule has 3 N–H and O–H groups in total. The summed E-state index contributed by atoms with van der Waals surface area (Å²) < 4.78 is 20.5. The molecule has 0 aromatic heterocycles. The number of hydrogen-bond donors (Lipinski definition) is 2. The number of fused-ring (bicyclic) bond motifs is 1. The van der Waals surface area contributed by atoms with Gasteiger partial charge in [-0.25, -0.2) is 4.39 Å². The molecule has 21 heavy (non-hydrogen) atoms. The van der Waals surface area contributed by atoms with Crippen LogP contribution in [-0.4, -0.2) is 12.6 Å². The first-order valence-electron chi connectivity index (χ1n) is 6.81. The summed E-state index contributed by atoms with van der Waals surface area (Å²) in [4.78, 5) is 0. The van der Waals surface area contributed by atoms with Crippen LogP contribution < -0.4 is 16.0 Å². The monoisotopic (exact) mass is 350 g/mol. The highest BCUT2D eigenvalue weighted by molar-refractivity contribution is 9.10.